The van der Waals surface area contributed by atoms with Gasteiger partial charge < -0.3 is 4.57 Å². The zero-order valence-electron chi connectivity index (χ0n) is 16.8. The highest BCUT2D eigenvalue weighted by atomic mass is 32.2. The van der Waals surface area contributed by atoms with Crippen LogP contribution in [0.2, 0.25) is 0 Å². The van der Waals surface area contributed by atoms with E-state index >= 15 is 0 Å². The van der Waals surface area contributed by atoms with Crippen molar-refractivity contribution in [2.24, 2.45) is 7.05 Å². The first-order valence-corrected chi connectivity index (χ1v) is 11.5. The molecule has 4 aromatic rings. The van der Waals surface area contributed by atoms with E-state index < -0.39 is 11.9 Å². The molecule has 0 aliphatic rings. The minimum atomic E-state index is -4.51. The van der Waals surface area contributed by atoms with E-state index in [1.807, 2.05) is 37.3 Å². The Morgan fingerprint density at radius 2 is 1.77 bits per heavy atom. The van der Waals surface area contributed by atoms with Gasteiger partial charge in [-0.25, -0.2) is 15.0 Å². The van der Waals surface area contributed by atoms with Crippen molar-refractivity contribution in [2.75, 3.05) is 5.75 Å². The van der Waals surface area contributed by atoms with Crippen molar-refractivity contribution in [1.82, 2.24) is 19.5 Å². The highest BCUT2D eigenvalue weighted by Crippen LogP contribution is 2.35. The summed E-state index contributed by atoms with van der Waals surface area (Å²) in [7, 11) is 1.77. The lowest BCUT2D eigenvalue weighted by molar-refractivity contribution is -0.141. The van der Waals surface area contributed by atoms with Gasteiger partial charge in [0.2, 0.25) is 0 Å². The van der Waals surface area contributed by atoms with Crippen LogP contribution in [0.15, 0.2) is 64.6 Å². The van der Waals surface area contributed by atoms with Crippen molar-refractivity contribution in [3.63, 3.8) is 0 Å². The molecule has 3 aromatic heterocycles. The van der Waals surface area contributed by atoms with Crippen molar-refractivity contribution in [3.8, 4) is 11.5 Å². The highest BCUT2D eigenvalue weighted by Gasteiger charge is 2.33. The van der Waals surface area contributed by atoms with Crippen LogP contribution in [0.25, 0.3) is 22.6 Å². The molecule has 0 atom stereocenters. The van der Waals surface area contributed by atoms with Crippen molar-refractivity contribution >= 4 is 34.6 Å². The van der Waals surface area contributed by atoms with Gasteiger partial charge in [0.1, 0.15) is 11.4 Å². The average Bonchev–Trinajstić information content (AvgIpc) is 3.09. The molecular formula is C22H19F3N4S2. The lowest BCUT2D eigenvalue weighted by Gasteiger charge is -2.10. The van der Waals surface area contributed by atoms with E-state index in [4.69, 9.17) is 4.98 Å². The summed E-state index contributed by atoms with van der Waals surface area (Å²) in [6, 6.07) is 15.1. The second kappa shape index (κ2) is 8.92. The molecule has 0 saturated carbocycles. The molecule has 0 N–H and O–H groups in total. The van der Waals surface area contributed by atoms with Gasteiger partial charge in [-0.15, -0.1) is 23.5 Å². The smallest absolute Gasteiger partial charge is 0.325 e. The molecule has 1 aromatic carbocycles. The van der Waals surface area contributed by atoms with Gasteiger partial charge in [0, 0.05) is 17.7 Å². The quantitative estimate of drug-likeness (QED) is 0.309. The molecule has 31 heavy (non-hydrogen) atoms. The van der Waals surface area contributed by atoms with Gasteiger partial charge in [0.15, 0.2) is 5.82 Å². The molecule has 0 aliphatic carbocycles. The standard InChI is InChI=1S/C22H19F3N4S2/c1-3-30-17-9-10-19(31-13-14-7-5-4-6-8-14)28-20(17)21-27-15-11-18(22(23,24)25)26-12-16(15)29(21)2/h4-12H,3,13H2,1-2H3. The molecule has 0 radical (unpaired) electrons. The first kappa shape index (κ1) is 21.7. The number of hydrogen-bond acceptors (Lipinski definition) is 5. The first-order chi connectivity index (χ1) is 14.9. The number of alkyl halides is 3. The maximum absolute atomic E-state index is 13.1. The second-order valence-corrected chi connectivity index (χ2v) is 9.06. The van der Waals surface area contributed by atoms with Gasteiger partial charge in [0.05, 0.1) is 22.3 Å². The van der Waals surface area contributed by atoms with Crippen LogP contribution in [0.4, 0.5) is 13.2 Å². The van der Waals surface area contributed by atoms with Gasteiger partial charge >= 0.3 is 6.18 Å². The topological polar surface area (TPSA) is 43.6 Å². The number of thioether (sulfide) groups is 2. The molecule has 0 spiro atoms. The van der Waals surface area contributed by atoms with Crippen LogP contribution in [0.5, 0.6) is 0 Å². The number of hydrogen-bond donors (Lipinski definition) is 0. The van der Waals surface area contributed by atoms with E-state index in [9.17, 15) is 13.2 Å². The summed E-state index contributed by atoms with van der Waals surface area (Å²) >= 11 is 3.23. The van der Waals surface area contributed by atoms with E-state index in [2.05, 4.69) is 22.1 Å². The fraction of sp³-hybridized carbons (Fsp3) is 0.227. The monoisotopic (exact) mass is 460 g/mol. The van der Waals surface area contributed by atoms with Gasteiger partial charge in [-0.2, -0.15) is 13.2 Å². The Morgan fingerprint density at radius 3 is 2.48 bits per heavy atom. The summed E-state index contributed by atoms with van der Waals surface area (Å²) in [5.74, 6) is 2.14. The number of fused-ring (bicyclic) bond motifs is 1. The first-order valence-electron chi connectivity index (χ1n) is 9.57. The predicted molar refractivity (Wildman–Crippen MR) is 119 cm³/mol. The van der Waals surface area contributed by atoms with Gasteiger partial charge in [0.25, 0.3) is 0 Å². The Labute approximate surface area is 186 Å². The third kappa shape index (κ3) is 4.72. The minimum Gasteiger partial charge on any atom is -0.325 e. The van der Waals surface area contributed by atoms with E-state index in [1.165, 1.54) is 11.8 Å². The zero-order valence-corrected chi connectivity index (χ0v) is 18.5. The Morgan fingerprint density at radius 1 is 1.00 bits per heavy atom. The molecule has 0 bridgehead atoms. The highest BCUT2D eigenvalue weighted by molar-refractivity contribution is 7.99. The summed E-state index contributed by atoms with van der Waals surface area (Å²) in [5, 5.41) is 0.834. The van der Waals surface area contributed by atoms with Crippen molar-refractivity contribution in [2.45, 2.75) is 28.8 Å². The van der Waals surface area contributed by atoms with Gasteiger partial charge in [-0.1, -0.05) is 37.3 Å². The third-order valence-electron chi connectivity index (χ3n) is 4.63. The van der Waals surface area contributed by atoms with Crippen LogP contribution in [-0.2, 0) is 19.0 Å². The van der Waals surface area contributed by atoms with Gasteiger partial charge in [-0.05, 0) is 29.5 Å². The van der Waals surface area contributed by atoms with Crippen LogP contribution in [0.3, 0.4) is 0 Å². The fourth-order valence-corrected chi connectivity index (χ4v) is 4.70. The van der Waals surface area contributed by atoms with E-state index in [0.29, 0.717) is 17.0 Å². The maximum atomic E-state index is 13.1. The minimum absolute atomic E-state index is 0.247. The second-order valence-electron chi connectivity index (χ2n) is 6.75. The third-order valence-corrected chi connectivity index (χ3v) is 6.56. The molecule has 0 fully saturated rings. The Hall–Kier alpha value is -2.52. The number of halogens is 3. The van der Waals surface area contributed by atoms with Crippen LogP contribution >= 0.6 is 23.5 Å². The largest absolute Gasteiger partial charge is 0.433 e. The Kier molecular flexibility index (Phi) is 6.24. The summed E-state index contributed by atoms with van der Waals surface area (Å²) < 4.78 is 41.0. The van der Waals surface area contributed by atoms with Crippen LogP contribution in [-0.4, -0.2) is 25.3 Å². The molecule has 0 saturated heterocycles. The summed E-state index contributed by atoms with van der Waals surface area (Å²) in [4.78, 5) is 13.8. The van der Waals surface area contributed by atoms with E-state index in [-0.39, 0.29) is 5.52 Å². The molecule has 0 amide bonds. The molecule has 160 valence electrons. The number of aryl methyl sites for hydroxylation is 1. The molecule has 4 nitrogen and oxygen atoms in total. The molecule has 0 aliphatic heterocycles. The summed E-state index contributed by atoms with van der Waals surface area (Å²) in [5.41, 5.74) is 1.68. The number of pyridine rings is 2. The number of nitrogens with zero attached hydrogens (tertiary/aromatic N) is 4. The van der Waals surface area contributed by atoms with Crippen LogP contribution < -0.4 is 0 Å². The van der Waals surface area contributed by atoms with Crippen molar-refractivity contribution < 1.29 is 13.2 Å². The maximum Gasteiger partial charge on any atom is 0.433 e. The molecule has 0 unspecified atom stereocenters. The van der Waals surface area contributed by atoms with Crippen LogP contribution in [0, 0.1) is 0 Å². The fourth-order valence-electron chi connectivity index (χ4n) is 3.13. The van der Waals surface area contributed by atoms with E-state index in [1.54, 1.807) is 35.1 Å². The zero-order chi connectivity index (χ0) is 22.0. The van der Waals surface area contributed by atoms with Crippen molar-refractivity contribution in [1.29, 1.82) is 0 Å². The predicted octanol–water partition coefficient (Wildman–Crippen LogP) is 6.45. The molecular weight excluding hydrogens is 441 g/mol. The number of imidazole rings is 1. The number of rotatable bonds is 6. The Bertz CT molecular complexity index is 1210. The Balaban J connectivity index is 1.74. The lowest BCUT2D eigenvalue weighted by Crippen LogP contribution is -2.07. The summed E-state index contributed by atoms with van der Waals surface area (Å²) in [6.45, 7) is 2.04. The molecule has 4 rings (SSSR count). The average molecular weight is 461 g/mol. The van der Waals surface area contributed by atoms with Crippen molar-refractivity contribution in [3.05, 3.63) is 66.0 Å². The normalized spacial score (nSPS) is 11.9. The number of benzene rings is 1. The summed E-state index contributed by atoms with van der Waals surface area (Å²) in [6.07, 6.45) is -3.29. The SMILES string of the molecule is CCSc1ccc(SCc2ccccc2)nc1-c1nc2cc(C(F)(F)F)ncc2n1C. The molecule has 9 heteroatoms. The van der Waals surface area contributed by atoms with E-state index in [0.717, 1.165) is 27.5 Å². The van der Waals surface area contributed by atoms with Gasteiger partial charge in [-0.3, -0.25) is 0 Å². The lowest BCUT2D eigenvalue weighted by atomic mass is 10.2. The molecule has 3 heterocycles. The van der Waals surface area contributed by atoms with Crippen LogP contribution in [0.1, 0.15) is 18.2 Å². The number of aromatic nitrogens is 4.